The van der Waals surface area contributed by atoms with Crippen molar-refractivity contribution < 1.29 is 44.2 Å². The van der Waals surface area contributed by atoms with Crippen LogP contribution in [0.5, 0.6) is 0 Å². The van der Waals surface area contributed by atoms with Gasteiger partial charge in [0.15, 0.2) is 6.29 Å². The molecule has 0 amide bonds. The average molecular weight is 813 g/mol. The van der Waals surface area contributed by atoms with Gasteiger partial charge in [-0.1, -0.05) is 150 Å². The number of esters is 1. The van der Waals surface area contributed by atoms with Gasteiger partial charge in [0, 0.05) is 13.0 Å². The van der Waals surface area contributed by atoms with E-state index in [4.69, 9.17) is 18.9 Å². The molecule has 58 heavy (non-hydrogen) atoms. The summed E-state index contributed by atoms with van der Waals surface area (Å²) in [6, 6.07) is 0. The zero-order chi connectivity index (χ0) is 42.2. The van der Waals surface area contributed by atoms with Crippen molar-refractivity contribution in [1.29, 1.82) is 0 Å². The largest absolute Gasteiger partial charge is 0.457 e. The third kappa shape index (κ3) is 30.2. The highest BCUT2D eigenvalue weighted by Gasteiger charge is 2.44. The summed E-state index contributed by atoms with van der Waals surface area (Å²) in [5.74, 6) is -0.403. The van der Waals surface area contributed by atoms with E-state index in [-0.39, 0.29) is 19.6 Å². The number of ether oxygens (including phenoxy) is 4. The second kappa shape index (κ2) is 39.6. The van der Waals surface area contributed by atoms with Crippen molar-refractivity contribution in [2.45, 2.75) is 179 Å². The van der Waals surface area contributed by atoms with Crippen LogP contribution in [0, 0.1) is 0 Å². The second-order valence-corrected chi connectivity index (χ2v) is 14.8. The van der Waals surface area contributed by atoms with Gasteiger partial charge in [-0.2, -0.15) is 0 Å². The number of hydrogen-bond acceptors (Lipinski definition) is 9. The standard InChI is InChI=1S/C49H80O9/c1-3-5-7-9-11-13-15-17-19-21-22-23-24-26-28-30-32-34-36-38-45(51)57-43(42-56-49-48(54)47(53)46(52)44(40-50)58-49)41-55-39-37-35-33-31-29-27-25-20-18-16-14-12-10-8-6-4-2/h5,7,11-14,17-20,22-23,26,28,32,34,43-44,46-50,52-54H,3-4,6,8-10,15-16,21,24-25,27,29-31,33,35-42H2,1-2H3/b7-5-,13-11-,14-12-,19-17-,20-18-,23-22-,28-26-,34-32-. The van der Waals surface area contributed by atoms with Gasteiger partial charge in [-0.05, 0) is 83.5 Å². The molecule has 0 spiro atoms. The van der Waals surface area contributed by atoms with E-state index in [0.29, 0.717) is 13.0 Å². The van der Waals surface area contributed by atoms with E-state index < -0.39 is 49.4 Å². The van der Waals surface area contributed by atoms with Crippen LogP contribution in [0.3, 0.4) is 0 Å². The van der Waals surface area contributed by atoms with Crippen molar-refractivity contribution >= 4 is 5.97 Å². The first kappa shape index (κ1) is 53.1. The van der Waals surface area contributed by atoms with Gasteiger partial charge in [-0.25, -0.2) is 0 Å². The first-order chi connectivity index (χ1) is 28.4. The number of allylic oxidation sites excluding steroid dienone is 16. The molecule has 4 N–H and O–H groups in total. The average Bonchev–Trinajstić information content (AvgIpc) is 3.22. The highest BCUT2D eigenvalue weighted by molar-refractivity contribution is 5.69. The molecule has 1 rings (SSSR count). The Labute approximate surface area is 352 Å². The Morgan fingerprint density at radius 3 is 1.59 bits per heavy atom. The predicted octanol–water partition coefficient (Wildman–Crippen LogP) is 10.0. The van der Waals surface area contributed by atoms with E-state index in [1.165, 1.54) is 44.9 Å². The van der Waals surface area contributed by atoms with E-state index >= 15 is 0 Å². The van der Waals surface area contributed by atoms with Crippen LogP contribution in [0.4, 0.5) is 0 Å². The molecule has 0 aromatic rings. The third-order valence-corrected chi connectivity index (χ3v) is 9.50. The van der Waals surface area contributed by atoms with Gasteiger partial charge in [0.2, 0.25) is 0 Å². The lowest BCUT2D eigenvalue weighted by Crippen LogP contribution is -2.59. The summed E-state index contributed by atoms with van der Waals surface area (Å²) in [5, 5.41) is 40.1. The molecule has 0 radical (unpaired) electrons. The molecule has 6 unspecified atom stereocenters. The summed E-state index contributed by atoms with van der Waals surface area (Å²) in [5.41, 5.74) is 0. The van der Waals surface area contributed by atoms with Crippen molar-refractivity contribution in [3.05, 3.63) is 97.2 Å². The van der Waals surface area contributed by atoms with Gasteiger partial charge in [0.05, 0.1) is 19.8 Å². The zero-order valence-electron chi connectivity index (χ0n) is 36.0. The zero-order valence-corrected chi connectivity index (χ0v) is 36.0. The quantitative estimate of drug-likeness (QED) is 0.0277. The predicted molar refractivity (Wildman–Crippen MR) is 237 cm³/mol. The van der Waals surface area contributed by atoms with E-state index in [0.717, 1.165) is 70.6 Å². The Bertz CT molecular complexity index is 1200. The molecule has 1 heterocycles. The van der Waals surface area contributed by atoms with Crippen molar-refractivity contribution in [1.82, 2.24) is 0 Å². The van der Waals surface area contributed by atoms with Crippen molar-refractivity contribution in [3.63, 3.8) is 0 Å². The Hall–Kier alpha value is -2.89. The van der Waals surface area contributed by atoms with Crippen LogP contribution in [0.25, 0.3) is 0 Å². The van der Waals surface area contributed by atoms with Crippen LogP contribution < -0.4 is 0 Å². The minimum Gasteiger partial charge on any atom is -0.457 e. The molecule has 0 saturated carbocycles. The van der Waals surface area contributed by atoms with Crippen LogP contribution >= 0.6 is 0 Å². The minimum absolute atomic E-state index is 0.101. The molecule has 330 valence electrons. The fourth-order valence-electron chi connectivity index (χ4n) is 6.02. The highest BCUT2D eigenvalue weighted by atomic mass is 16.7. The molecule has 9 heteroatoms. The van der Waals surface area contributed by atoms with Crippen LogP contribution in [0.1, 0.15) is 142 Å². The molecular formula is C49H80O9. The summed E-state index contributed by atoms with van der Waals surface area (Å²) in [7, 11) is 0. The number of unbranched alkanes of at least 4 members (excludes halogenated alkanes) is 9. The van der Waals surface area contributed by atoms with Crippen LogP contribution in [-0.2, 0) is 23.7 Å². The van der Waals surface area contributed by atoms with E-state index in [1.807, 2.05) is 12.2 Å². The maximum atomic E-state index is 12.7. The molecule has 1 saturated heterocycles. The fourth-order valence-corrected chi connectivity index (χ4v) is 6.02. The van der Waals surface area contributed by atoms with E-state index in [2.05, 4.69) is 98.9 Å². The monoisotopic (exact) mass is 813 g/mol. The lowest BCUT2D eigenvalue weighted by molar-refractivity contribution is -0.305. The normalized spacial score (nSPS) is 21.2. The van der Waals surface area contributed by atoms with E-state index in [1.54, 1.807) is 0 Å². The number of carbonyl (C=O) groups is 1. The minimum atomic E-state index is -1.56. The molecule has 0 aromatic heterocycles. The summed E-state index contributed by atoms with van der Waals surface area (Å²) in [6.45, 7) is 4.27. The summed E-state index contributed by atoms with van der Waals surface area (Å²) < 4.78 is 22.7. The number of aliphatic hydroxyl groups is 4. The fraction of sp³-hybridized carbons (Fsp3) is 0.653. The van der Waals surface area contributed by atoms with E-state index in [9.17, 15) is 25.2 Å². The Morgan fingerprint density at radius 1 is 0.569 bits per heavy atom. The van der Waals surface area contributed by atoms with Crippen molar-refractivity contribution in [2.24, 2.45) is 0 Å². The molecule has 0 aliphatic carbocycles. The Morgan fingerprint density at radius 2 is 1.05 bits per heavy atom. The maximum Gasteiger partial charge on any atom is 0.306 e. The number of rotatable bonds is 36. The lowest BCUT2D eigenvalue weighted by atomic mass is 9.99. The van der Waals surface area contributed by atoms with Gasteiger partial charge in [0.25, 0.3) is 0 Å². The molecule has 1 aliphatic heterocycles. The van der Waals surface area contributed by atoms with Crippen LogP contribution in [-0.4, -0.2) is 89.6 Å². The smallest absolute Gasteiger partial charge is 0.306 e. The SMILES string of the molecule is CC/C=C\C/C=C\C/C=C\C/C=C\C/C=C\C/C=C\CCC(=O)OC(COCCCCCCCC/C=C\C/C=C\CCCCC)COC1OC(CO)C(O)C(O)C1O. The molecule has 1 fully saturated rings. The Kier molecular flexibility index (Phi) is 36.2. The van der Waals surface area contributed by atoms with Crippen LogP contribution in [0.2, 0.25) is 0 Å². The first-order valence-corrected chi connectivity index (χ1v) is 22.3. The number of carbonyl (C=O) groups excluding carboxylic acids is 1. The molecule has 6 atom stereocenters. The van der Waals surface area contributed by atoms with Gasteiger partial charge < -0.3 is 39.4 Å². The Balaban J connectivity index is 2.36. The molecular weight excluding hydrogens is 733 g/mol. The lowest BCUT2D eigenvalue weighted by Gasteiger charge is -2.39. The molecule has 1 aliphatic rings. The molecule has 0 aromatic carbocycles. The number of hydrogen-bond donors (Lipinski definition) is 4. The van der Waals surface area contributed by atoms with Gasteiger partial charge in [-0.15, -0.1) is 0 Å². The third-order valence-electron chi connectivity index (χ3n) is 9.50. The first-order valence-electron chi connectivity index (χ1n) is 22.3. The summed E-state index contributed by atoms with van der Waals surface area (Å²) in [6.07, 6.45) is 47.3. The van der Waals surface area contributed by atoms with Crippen molar-refractivity contribution in [3.8, 4) is 0 Å². The highest BCUT2D eigenvalue weighted by Crippen LogP contribution is 2.22. The summed E-state index contributed by atoms with van der Waals surface area (Å²) >= 11 is 0. The van der Waals surface area contributed by atoms with Gasteiger partial charge in [-0.3, -0.25) is 4.79 Å². The molecule has 0 bridgehead atoms. The van der Waals surface area contributed by atoms with Gasteiger partial charge >= 0.3 is 5.97 Å². The number of aliphatic hydroxyl groups excluding tert-OH is 4. The summed E-state index contributed by atoms with van der Waals surface area (Å²) in [4.78, 5) is 12.7. The van der Waals surface area contributed by atoms with Gasteiger partial charge in [0.1, 0.15) is 30.5 Å². The van der Waals surface area contributed by atoms with Crippen molar-refractivity contribution in [2.75, 3.05) is 26.4 Å². The molecule has 9 nitrogen and oxygen atoms in total. The maximum absolute atomic E-state index is 12.7. The topological polar surface area (TPSA) is 135 Å². The van der Waals surface area contributed by atoms with Crippen LogP contribution in [0.15, 0.2) is 97.2 Å². The second-order valence-electron chi connectivity index (χ2n) is 14.8.